The quantitative estimate of drug-likeness (QED) is 0.405. The summed E-state index contributed by atoms with van der Waals surface area (Å²) < 4.78 is 50.0. The number of anilines is 2. The van der Waals surface area contributed by atoms with Gasteiger partial charge in [0.25, 0.3) is 15.9 Å². The summed E-state index contributed by atoms with van der Waals surface area (Å²) in [6.45, 7) is 0. The molecule has 0 fully saturated rings. The van der Waals surface area contributed by atoms with Crippen LogP contribution >= 0.6 is 0 Å². The molecule has 10 nitrogen and oxygen atoms in total. The largest absolute Gasteiger partial charge is 0.478 e. The Bertz CT molecular complexity index is 1380. The van der Waals surface area contributed by atoms with Gasteiger partial charge < -0.3 is 10.4 Å². The van der Waals surface area contributed by atoms with Crippen molar-refractivity contribution in [2.24, 2.45) is 5.14 Å². The molecule has 0 bridgehead atoms. The van der Waals surface area contributed by atoms with Crippen molar-refractivity contribution < 1.29 is 31.5 Å². The summed E-state index contributed by atoms with van der Waals surface area (Å²) in [6, 6.07) is 15.7. The zero-order valence-electron chi connectivity index (χ0n) is 16.2. The van der Waals surface area contributed by atoms with Gasteiger partial charge in [0.1, 0.15) is 0 Å². The Morgan fingerprint density at radius 2 is 1.22 bits per heavy atom. The van der Waals surface area contributed by atoms with E-state index in [1.807, 2.05) is 0 Å². The fraction of sp³-hybridized carbons (Fsp3) is 0. The topological polar surface area (TPSA) is 173 Å². The van der Waals surface area contributed by atoms with Gasteiger partial charge in [-0.1, -0.05) is 12.1 Å². The van der Waals surface area contributed by atoms with Crippen molar-refractivity contribution in [1.29, 1.82) is 0 Å². The summed E-state index contributed by atoms with van der Waals surface area (Å²) in [5, 5.41) is 16.7. The second-order valence-corrected chi connectivity index (χ2v) is 9.75. The lowest BCUT2D eigenvalue weighted by Crippen LogP contribution is -2.17. The first-order valence-electron chi connectivity index (χ1n) is 8.87. The highest BCUT2D eigenvalue weighted by molar-refractivity contribution is 7.92. The average Bonchev–Trinajstić information content (AvgIpc) is 2.73. The number of nitrogens with one attached hydrogen (secondary N) is 2. The number of hydrogen-bond acceptors (Lipinski definition) is 6. The average molecular weight is 476 g/mol. The number of rotatable bonds is 7. The Kier molecular flexibility index (Phi) is 6.30. The Labute approximate surface area is 183 Å². The maximum absolute atomic E-state index is 12.6. The number of sulfonamides is 2. The molecule has 0 heterocycles. The lowest BCUT2D eigenvalue weighted by Gasteiger charge is -2.10. The molecule has 0 aliphatic heterocycles. The third kappa shape index (κ3) is 5.29. The van der Waals surface area contributed by atoms with Crippen LogP contribution in [-0.2, 0) is 20.0 Å². The predicted octanol–water partition coefficient (Wildman–Crippen LogP) is 2.09. The molecule has 0 atom stereocenters. The van der Waals surface area contributed by atoms with Gasteiger partial charge in [-0.05, 0) is 60.7 Å². The molecular formula is C20H17N3O7S2. The predicted molar refractivity (Wildman–Crippen MR) is 116 cm³/mol. The Morgan fingerprint density at radius 1 is 0.719 bits per heavy atom. The molecule has 5 N–H and O–H groups in total. The van der Waals surface area contributed by atoms with Crippen LogP contribution in [0.15, 0.2) is 82.6 Å². The van der Waals surface area contributed by atoms with Gasteiger partial charge in [0.15, 0.2) is 0 Å². The number of carbonyl (C=O) groups is 2. The molecule has 3 aromatic rings. The molecule has 0 spiro atoms. The van der Waals surface area contributed by atoms with E-state index in [4.69, 9.17) is 5.14 Å². The van der Waals surface area contributed by atoms with Crippen molar-refractivity contribution in [3.05, 3.63) is 83.9 Å². The summed E-state index contributed by atoms with van der Waals surface area (Å²) in [5.74, 6) is -1.91. The number of amides is 1. The van der Waals surface area contributed by atoms with Crippen LogP contribution in [0, 0.1) is 0 Å². The summed E-state index contributed by atoms with van der Waals surface area (Å²) >= 11 is 0. The minimum atomic E-state index is -4.00. The van der Waals surface area contributed by atoms with Gasteiger partial charge in [-0.2, -0.15) is 0 Å². The maximum Gasteiger partial charge on any atom is 0.336 e. The highest BCUT2D eigenvalue weighted by Gasteiger charge is 2.18. The molecule has 12 heteroatoms. The zero-order valence-corrected chi connectivity index (χ0v) is 17.9. The molecule has 0 unspecified atom stereocenters. The number of nitrogens with two attached hydrogens (primary N) is 1. The van der Waals surface area contributed by atoms with Crippen molar-refractivity contribution in [2.75, 3.05) is 10.0 Å². The lowest BCUT2D eigenvalue weighted by atomic mass is 10.1. The normalized spacial score (nSPS) is 11.5. The van der Waals surface area contributed by atoms with Gasteiger partial charge in [-0.25, -0.2) is 26.8 Å². The van der Waals surface area contributed by atoms with Crippen LogP contribution in [-0.4, -0.2) is 33.8 Å². The van der Waals surface area contributed by atoms with Gasteiger partial charge in [0.2, 0.25) is 10.0 Å². The van der Waals surface area contributed by atoms with Gasteiger partial charge in [0, 0.05) is 11.4 Å². The molecule has 0 saturated carbocycles. The van der Waals surface area contributed by atoms with Crippen molar-refractivity contribution in [3.63, 3.8) is 0 Å². The van der Waals surface area contributed by atoms with Gasteiger partial charge in [0.05, 0.1) is 20.9 Å². The lowest BCUT2D eigenvalue weighted by molar-refractivity contribution is 0.0692. The van der Waals surface area contributed by atoms with E-state index in [9.17, 15) is 31.5 Å². The molecule has 0 aliphatic rings. The summed E-state index contributed by atoms with van der Waals surface area (Å²) in [7, 11) is -7.90. The van der Waals surface area contributed by atoms with Crippen LogP contribution in [0.1, 0.15) is 20.7 Å². The minimum absolute atomic E-state index is 0.0405. The number of primary sulfonamides is 1. The molecule has 1 amide bonds. The van der Waals surface area contributed by atoms with Crippen LogP contribution in [0.4, 0.5) is 11.4 Å². The second-order valence-electron chi connectivity index (χ2n) is 6.50. The molecule has 0 saturated heterocycles. The Hall–Kier alpha value is -3.74. The van der Waals surface area contributed by atoms with Crippen molar-refractivity contribution in [3.8, 4) is 0 Å². The number of carboxylic acids is 1. The van der Waals surface area contributed by atoms with E-state index in [-0.39, 0.29) is 32.3 Å². The van der Waals surface area contributed by atoms with Crippen molar-refractivity contribution in [1.82, 2.24) is 0 Å². The molecule has 3 aromatic carbocycles. The summed E-state index contributed by atoms with van der Waals surface area (Å²) in [4.78, 5) is 23.4. The smallest absolute Gasteiger partial charge is 0.336 e. The van der Waals surface area contributed by atoms with Crippen LogP contribution in [0.25, 0.3) is 0 Å². The van der Waals surface area contributed by atoms with E-state index in [1.54, 1.807) is 0 Å². The van der Waals surface area contributed by atoms with E-state index < -0.39 is 31.9 Å². The monoisotopic (exact) mass is 475 g/mol. The van der Waals surface area contributed by atoms with Crippen LogP contribution in [0.5, 0.6) is 0 Å². The van der Waals surface area contributed by atoms with Crippen molar-refractivity contribution in [2.45, 2.75) is 9.79 Å². The first kappa shape index (κ1) is 22.9. The fourth-order valence-electron chi connectivity index (χ4n) is 2.71. The van der Waals surface area contributed by atoms with E-state index in [0.717, 1.165) is 0 Å². The molecule has 0 aromatic heterocycles. The van der Waals surface area contributed by atoms with Crippen LogP contribution < -0.4 is 15.2 Å². The third-order valence-electron chi connectivity index (χ3n) is 4.26. The van der Waals surface area contributed by atoms with E-state index in [1.165, 1.54) is 72.8 Å². The standard InChI is InChI=1S/C20H17N3O7S2/c21-31(27,28)15-9-7-14(8-10-15)23-32(29,30)16-11-5-13(6-12-16)22-19(24)17-3-1-2-4-18(17)20(25)26/h1-12,23H,(H,22,24)(H,25,26)(H2,21,27,28). The molecule has 32 heavy (non-hydrogen) atoms. The zero-order chi connectivity index (χ0) is 23.5. The Balaban J connectivity index is 1.75. The third-order valence-corrected chi connectivity index (χ3v) is 6.59. The first-order valence-corrected chi connectivity index (χ1v) is 11.9. The maximum atomic E-state index is 12.6. The number of hydrogen-bond donors (Lipinski definition) is 4. The van der Waals surface area contributed by atoms with E-state index >= 15 is 0 Å². The summed E-state index contributed by atoms with van der Waals surface area (Å²) in [5.41, 5.74) is 0.176. The van der Waals surface area contributed by atoms with Gasteiger partial charge >= 0.3 is 5.97 Å². The van der Waals surface area contributed by atoms with E-state index in [2.05, 4.69) is 10.0 Å². The molecule has 3 rings (SSSR count). The molecular weight excluding hydrogens is 458 g/mol. The van der Waals surface area contributed by atoms with Crippen LogP contribution in [0.3, 0.4) is 0 Å². The number of carboxylic acid groups (broad SMARTS) is 1. The number of aromatic carboxylic acids is 1. The molecule has 0 radical (unpaired) electrons. The van der Waals surface area contributed by atoms with Gasteiger partial charge in [-0.15, -0.1) is 0 Å². The Morgan fingerprint density at radius 3 is 1.75 bits per heavy atom. The van der Waals surface area contributed by atoms with Gasteiger partial charge in [-0.3, -0.25) is 9.52 Å². The molecule has 166 valence electrons. The van der Waals surface area contributed by atoms with Crippen molar-refractivity contribution >= 4 is 43.3 Å². The SMILES string of the molecule is NS(=O)(=O)c1ccc(NS(=O)(=O)c2ccc(NC(=O)c3ccccc3C(=O)O)cc2)cc1. The first-order chi connectivity index (χ1) is 15.0. The second kappa shape index (κ2) is 8.78. The summed E-state index contributed by atoms with van der Waals surface area (Å²) in [6.07, 6.45) is 0. The highest BCUT2D eigenvalue weighted by Crippen LogP contribution is 2.20. The van der Waals surface area contributed by atoms with E-state index in [0.29, 0.717) is 0 Å². The molecule has 0 aliphatic carbocycles. The minimum Gasteiger partial charge on any atom is -0.478 e. The van der Waals surface area contributed by atoms with Crippen LogP contribution in [0.2, 0.25) is 0 Å². The number of benzene rings is 3. The highest BCUT2D eigenvalue weighted by atomic mass is 32.2. The number of carbonyl (C=O) groups excluding carboxylic acids is 1. The fourth-order valence-corrected chi connectivity index (χ4v) is 4.28.